The molecule has 0 aliphatic rings. The van der Waals surface area contributed by atoms with Crippen LogP contribution in [0.15, 0.2) is 42.5 Å². The summed E-state index contributed by atoms with van der Waals surface area (Å²) >= 11 is 11.8. The van der Waals surface area contributed by atoms with E-state index in [2.05, 4.69) is 0 Å². The van der Waals surface area contributed by atoms with Crippen LogP contribution in [0.25, 0.3) is 0 Å². The molecular weight excluding hydrogens is 271 g/mol. The molecule has 0 fully saturated rings. The molecule has 0 atom stereocenters. The van der Waals surface area contributed by atoms with Gasteiger partial charge in [-0.25, -0.2) is 0 Å². The van der Waals surface area contributed by atoms with Crippen molar-refractivity contribution in [2.24, 2.45) is 0 Å². The van der Waals surface area contributed by atoms with Crippen LogP contribution in [0.3, 0.4) is 0 Å². The second-order valence-corrected chi connectivity index (χ2v) is 4.66. The lowest BCUT2D eigenvalue weighted by Gasteiger charge is -2.07. The van der Waals surface area contributed by atoms with Crippen molar-refractivity contribution in [3.8, 4) is 11.5 Å². The standard InChI is InChI=1S/C14H10Cl2O2/c1-9(17)10-3-2-4-13(5-10)18-14-7-11(15)6-12(16)8-14/h2-8H,1H3. The Hall–Kier alpha value is -1.51. The number of rotatable bonds is 3. The minimum Gasteiger partial charge on any atom is -0.457 e. The summed E-state index contributed by atoms with van der Waals surface area (Å²) in [6.45, 7) is 1.51. The van der Waals surface area contributed by atoms with Gasteiger partial charge in [0, 0.05) is 15.6 Å². The summed E-state index contributed by atoms with van der Waals surface area (Å²) in [5, 5.41) is 1.00. The number of hydrogen-bond donors (Lipinski definition) is 0. The summed E-state index contributed by atoms with van der Waals surface area (Å²) in [6, 6.07) is 11.9. The van der Waals surface area contributed by atoms with Gasteiger partial charge >= 0.3 is 0 Å². The Bertz CT molecular complexity index is 574. The van der Waals surface area contributed by atoms with Crippen LogP contribution in [-0.4, -0.2) is 5.78 Å². The molecular formula is C14H10Cl2O2. The number of carbonyl (C=O) groups excluding carboxylic acids is 1. The third-order valence-electron chi connectivity index (χ3n) is 2.31. The molecule has 2 aromatic carbocycles. The largest absolute Gasteiger partial charge is 0.457 e. The van der Waals surface area contributed by atoms with Crippen LogP contribution in [0.2, 0.25) is 10.0 Å². The summed E-state index contributed by atoms with van der Waals surface area (Å²) in [4.78, 5) is 11.3. The van der Waals surface area contributed by atoms with Gasteiger partial charge in [-0.2, -0.15) is 0 Å². The molecule has 0 saturated carbocycles. The predicted octanol–water partition coefficient (Wildman–Crippen LogP) is 4.99. The fourth-order valence-electron chi connectivity index (χ4n) is 1.50. The topological polar surface area (TPSA) is 26.3 Å². The van der Waals surface area contributed by atoms with E-state index in [1.54, 1.807) is 42.5 Å². The van der Waals surface area contributed by atoms with Gasteiger partial charge in [-0.15, -0.1) is 0 Å². The summed E-state index contributed by atoms with van der Waals surface area (Å²) in [7, 11) is 0. The fraction of sp³-hybridized carbons (Fsp3) is 0.0714. The zero-order valence-corrected chi connectivity index (χ0v) is 11.1. The molecule has 2 aromatic rings. The number of Topliss-reactive ketones (excluding diaryl/α,β-unsaturated/α-hetero) is 1. The van der Waals surface area contributed by atoms with Gasteiger partial charge in [-0.05, 0) is 37.3 Å². The van der Waals surface area contributed by atoms with Crippen molar-refractivity contribution in [2.75, 3.05) is 0 Å². The van der Waals surface area contributed by atoms with Crippen molar-refractivity contribution in [2.45, 2.75) is 6.92 Å². The highest BCUT2D eigenvalue weighted by molar-refractivity contribution is 6.34. The second-order valence-electron chi connectivity index (χ2n) is 3.79. The van der Waals surface area contributed by atoms with Crippen LogP contribution < -0.4 is 4.74 Å². The number of benzene rings is 2. The highest BCUT2D eigenvalue weighted by Gasteiger charge is 2.04. The Morgan fingerprint density at radius 2 is 1.67 bits per heavy atom. The van der Waals surface area contributed by atoms with E-state index in [-0.39, 0.29) is 5.78 Å². The normalized spacial score (nSPS) is 10.2. The Morgan fingerprint density at radius 1 is 1.00 bits per heavy atom. The maximum Gasteiger partial charge on any atom is 0.159 e. The highest BCUT2D eigenvalue weighted by Crippen LogP contribution is 2.28. The van der Waals surface area contributed by atoms with E-state index >= 15 is 0 Å². The van der Waals surface area contributed by atoms with Crippen molar-refractivity contribution in [1.29, 1.82) is 0 Å². The number of hydrogen-bond acceptors (Lipinski definition) is 2. The Kier molecular flexibility index (Phi) is 3.90. The maximum absolute atomic E-state index is 11.3. The third kappa shape index (κ3) is 3.25. The van der Waals surface area contributed by atoms with Crippen molar-refractivity contribution in [3.63, 3.8) is 0 Å². The molecule has 0 aromatic heterocycles. The van der Waals surface area contributed by atoms with E-state index in [1.807, 2.05) is 0 Å². The summed E-state index contributed by atoms with van der Waals surface area (Å²) < 4.78 is 5.61. The molecule has 0 saturated heterocycles. The van der Waals surface area contributed by atoms with Crippen molar-refractivity contribution in [3.05, 3.63) is 58.1 Å². The second kappa shape index (κ2) is 5.42. The minimum atomic E-state index is -0.00965. The molecule has 18 heavy (non-hydrogen) atoms. The van der Waals surface area contributed by atoms with Gasteiger partial charge in [-0.3, -0.25) is 4.79 Å². The van der Waals surface area contributed by atoms with Gasteiger partial charge in [0.05, 0.1) is 0 Å². The van der Waals surface area contributed by atoms with E-state index in [1.165, 1.54) is 6.92 Å². The fourth-order valence-corrected chi connectivity index (χ4v) is 2.01. The Balaban J connectivity index is 2.28. The van der Waals surface area contributed by atoms with E-state index in [0.29, 0.717) is 27.1 Å². The molecule has 0 aliphatic heterocycles. The SMILES string of the molecule is CC(=O)c1cccc(Oc2cc(Cl)cc(Cl)c2)c1. The first-order chi connectivity index (χ1) is 8.54. The number of halogens is 2. The molecule has 0 bridgehead atoms. The van der Waals surface area contributed by atoms with Crippen LogP contribution >= 0.6 is 23.2 Å². The maximum atomic E-state index is 11.3. The van der Waals surface area contributed by atoms with Crippen molar-refractivity contribution < 1.29 is 9.53 Å². The summed E-state index contributed by atoms with van der Waals surface area (Å²) in [5.41, 5.74) is 0.598. The third-order valence-corrected chi connectivity index (χ3v) is 2.75. The molecule has 0 radical (unpaired) electrons. The van der Waals surface area contributed by atoms with Crippen LogP contribution in [0.4, 0.5) is 0 Å². The van der Waals surface area contributed by atoms with Gasteiger partial charge < -0.3 is 4.74 Å². The Morgan fingerprint density at radius 3 is 2.28 bits per heavy atom. The monoisotopic (exact) mass is 280 g/mol. The average Bonchev–Trinajstić information content (AvgIpc) is 2.27. The van der Waals surface area contributed by atoms with E-state index in [9.17, 15) is 4.79 Å². The molecule has 4 heteroatoms. The lowest BCUT2D eigenvalue weighted by molar-refractivity contribution is 0.101. The molecule has 92 valence electrons. The number of ketones is 1. The first kappa shape index (κ1) is 12.9. The molecule has 0 amide bonds. The molecule has 2 nitrogen and oxygen atoms in total. The zero-order valence-electron chi connectivity index (χ0n) is 9.61. The van der Waals surface area contributed by atoms with Crippen LogP contribution in [0.5, 0.6) is 11.5 Å². The molecule has 0 N–H and O–H groups in total. The first-order valence-electron chi connectivity index (χ1n) is 5.29. The molecule has 0 heterocycles. The van der Waals surface area contributed by atoms with E-state index in [0.717, 1.165) is 0 Å². The van der Waals surface area contributed by atoms with E-state index in [4.69, 9.17) is 27.9 Å². The summed E-state index contributed by atoms with van der Waals surface area (Å²) in [6.07, 6.45) is 0. The van der Waals surface area contributed by atoms with Gasteiger partial charge in [0.15, 0.2) is 5.78 Å². The quantitative estimate of drug-likeness (QED) is 0.741. The Labute approximate surface area is 115 Å². The lowest BCUT2D eigenvalue weighted by Crippen LogP contribution is -1.92. The molecule has 0 unspecified atom stereocenters. The lowest BCUT2D eigenvalue weighted by atomic mass is 10.1. The van der Waals surface area contributed by atoms with Crippen molar-refractivity contribution >= 4 is 29.0 Å². The predicted molar refractivity (Wildman–Crippen MR) is 73.0 cm³/mol. The number of carbonyl (C=O) groups is 1. The van der Waals surface area contributed by atoms with Crippen LogP contribution in [0, 0.1) is 0 Å². The van der Waals surface area contributed by atoms with Crippen LogP contribution in [0.1, 0.15) is 17.3 Å². The van der Waals surface area contributed by atoms with Gasteiger partial charge in [0.25, 0.3) is 0 Å². The zero-order chi connectivity index (χ0) is 13.1. The van der Waals surface area contributed by atoms with E-state index < -0.39 is 0 Å². The van der Waals surface area contributed by atoms with Gasteiger partial charge in [0.1, 0.15) is 11.5 Å². The molecule has 2 rings (SSSR count). The first-order valence-corrected chi connectivity index (χ1v) is 6.05. The summed E-state index contributed by atoms with van der Waals surface area (Å²) in [5.74, 6) is 1.10. The van der Waals surface area contributed by atoms with Crippen LogP contribution in [-0.2, 0) is 0 Å². The average molecular weight is 281 g/mol. The van der Waals surface area contributed by atoms with Crippen molar-refractivity contribution in [1.82, 2.24) is 0 Å². The highest BCUT2D eigenvalue weighted by atomic mass is 35.5. The smallest absolute Gasteiger partial charge is 0.159 e. The number of ether oxygens (including phenoxy) is 1. The minimum absolute atomic E-state index is 0.00965. The molecule has 0 spiro atoms. The van der Waals surface area contributed by atoms with Gasteiger partial charge in [0.2, 0.25) is 0 Å². The molecule has 0 aliphatic carbocycles. The van der Waals surface area contributed by atoms with Gasteiger partial charge in [-0.1, -0.05) is 35.3 Å².